The van der Waals surface area contributed by atoms with Crippen molar-refractivity contribution >= 4 is 17.4 Å². The van der Waals surface area contributed by atoms with E-state index in [0.29, 0.717) is 0 Å². The second kappa shape index (κ2) is 5.06. The average molecular weight is 239 g/mol. The monoisotopic (exact) mass is 239 g/mol. The number of nitrogens with zero attached hydrogens (tertiary/aromatic N) is 1. The Morgan fingerprint density at radius 1 is 1.29 bits per heavy atom. The van der Waals surface area contributed by atoms with Crippen LogP contribution in [0.5, 0.6) is 5.75 Å². The first-order chi connectivity index (χ1) is 7.93. The standard InChI is InChI=1S/C10H9NO6/c12-7(4-5-9(14)15)6-2-1-3-8(13)10(6)11(16)17/h1-3,13H,4-5H2,(H,14,15). The molecule has 0 amide bonds. The van der Waals surface area contributed by atoms with Gasteiger partial charge in [-0.05, 0) is 12.1 Å². The lowest BCUT2D eigenvalue weighted by atomic mass is 10.0. The van der Waals surface area contributed by atoms with Crippen molar-refractivity contribution in [2.24, 2.45) is 0 Å². The molecule has 0 spiro atoms. The Balaban J connectivity index is 3.05. The van der Waals surface area contributed by atoms with Gasteiger partial charge in [-0.1, -0.05) is 6.07 Å². The zero-order valence-electron chi connectivity index (χ0n) is 8.62. The van der Waals surface area contributed by atoms with Crippen LogP contribution in [0.15, 0.2) is 18.2 Å². The first kappa shape index (κ1) is 12.6. The quantitative estimate of drug-likeness (QED) is 0.454. The van der Waals surface area contributed by atoms with Crippen molar-refractivity contribution in [3.8, 4) is 5.75 Å². The lowest BCUT2D eigenvalue weighted by Gasteiger charge is -2.02. The second-order valence-electron chi connectivity index (χ2n) is 3.25. The Hall–Kier alpha value is -2.44. The Kier molecular flexibility index (Phi) is 3.76. The Bertz CT molecular complexity index is 482. The van der Waals surface area contributed by atoms with Crippen molar-refractivity contribution in [1.82, 2.24) is 0 Å². The number of aliphatic carboxylic acids is 1. The minimum Gasteiger partial charge on any atom is -0.502 e. The molecule has 7 nitrogen and oxygen atoms in total. The summed E-state index contributed by atoms with van der Waals surface area (Å²) in [6, 6.07) is 3.56. The van der Waals surface area contributed by atoms with Crippen LogP contribution in [0.4, 0.5) is 5.69 Å². The molecule has 1 aromatic rings. The molecule has 1 aromatic carbocycles. The van der Waals surface area contributed by atoms with Crippen molar-refractivity contribution in [2.45, 2.75) is 12.8 Å². The molecule has 0 aliphatic carbocycles. The third-order valence-corrected chi connectivity index (χ3v) is 2.06. The lowest BCUT2D eigenvalue weighted by Crippen LogP contribution is -2.06. The number of carboxylic acids is 1. The number of phenolic OH excluding ortho intramolecular Hbond substituents is 1. The molecular formula is C10H9NO6. The third-order valence-electron chi connectivity index (χ3n) is 2.06. The molecule has 0 fully saturated rings. The molecule has 0 aliphatic rings. The van der Waals surface area contributed by atoms with Gasteiger partial charge in [0.1, 0.15) is 0 Å². The summed E-state index contributed by atoms with van der Waals surface area (Å²) in [7, 11) is 0. The third kappa shape index (κ3) is 3.00. The van der Waals surface area contributed by atoms with E-state index in [1.165, 1.54) is 12.1 Å². The fraction of sp³-hybridized carbons (Fsp3) is 0.200. The predicted octanol–water partition coefficient (Wildman–Crippen LogP) is 1.35. The largest absolute Gasteiger partial charge is 0.502 e. The summed E-state index contributed by atoms with van der Waals surface area (Å²) < 4.78 is 0. The Morgan fingerprint density at radius 2 is 1.94 bits per heavy atom. The van der Waals surface area contributed by atoms with Crippen LogP contribution in [-0.4, -0.2) is 26.9 Å². The molecular weight excluding hydrogens is 230 g/mol. The number of rotatable bonds is 5. The summed E-state index contributed by atoms with van der Waals surface area (Å²) in [6.07, 6.45) is -0.759. The number of aromatic hydroxyl groups is 1. The molecule has 0 unspecified atom stereocenters. The highest BCUT2D eigenvalue weighted by molar-refractivity contribution is 6.01. The molecule has 1 rings (SSSR count). The minimum atomic E-state index is -1.17. The summed E-state index contributed by atoms with van der Waals surface area (Å²) in [6.45, 7) is 0. The van der Waals surface area contributed by atoms with Gasteiger partial charge in [0.25, 0.3) is 0 Å². The maximum absolute atomic E-state index is 11.5. The number of carboxylic acid groups (broad SMARTS) is 1. The second-order valence-corrected chi connectivity index (χ2v) is 3.25. The van der Waals surface area contributed by atoms with E-state index < -0.39 is 34.5 Å². The van der Waals surface area contributed by atoms with E-state index in [1.54, 1.807) is 0 Å². The van der Waals surface area contributed by atoms with Gasteiger partial charge in [-0.15, -0.1) is 0 Å². The van der Waals surface area contributed by atoms with Crippen molar-refractivity contribution < 1.29 is 24.7 Å². The zero-order valence-corrected chi connectivity index (χ0v) is 8.62. The summed E-state index contributed by atoms with van der Waals surface area (Å²) in [4.78, 5) is 31.6. The van der Waals surface area contributed by atoms with E-state index in [1.807, 2.05) is 0 Å². The van der Waals surface area contributed by atoms with Gasteiger partial charge in [0.2, 0.25) is 0 Å². The number of hydrogen-bond acceptors (Lipinski definition) is 5. The topological polar surface area (TPSA) is 118 Å². The van der Waals surface area contributed by atoms with Crippen LogP contribution in [0.25, 0.3) is 0 Å². The number of hydrogen-bond donors (Lipinski definition) is 2. The first-order valence-electron chi connectivity index (χ1n) is 4.65. The molecule has 0 radical (unpaired) electrons. The minimum absolute atomic E-state index is 0.281. The summed E-state index contributed by atoms with van der Waals surface area (Å²) in [5.41, 5.74) is -0.973. The van der Waals surface area contributed by atoms with Crippen LogP contribution in [-0.2, 0) is 4.79 Å². The van der Waals surface area contributed by atoms with Gasteiger partial charge in [0, 0.05) is 6.42 Å². The van der Waals surface area contributed by atoms with E-state index in [-0.39, 0.29) is 12.0 Å². The normalized spacial score (nSPS) is 9.88. The fourth-order valence-electron chi connectivity index (χ4n) is 1.30. The molecule has 17 heavy (non-hydrogen) atoms. The van der Waals surface area contributed by atoms with E-state index >= 15 is 0 Å². The SMILES string of the molecule is O=C(O)CCC(=O)c1cccc(O)c1[N+](=O)[O-]. The van der Waals surface area contributed by atoms with Crippen LogP contribution < -0.4 is 0 Å². The van der Waals surface area contributed by atoms with Gasteiger partial charge in [-0.25, -0.2) is 0 Å². The maximum atomic E-state index is 11.5. The number of Topliss-reactive ketones (excluding diaryl/α,β-unsaturated/α-hetero) is 1. The Morgan fingerprint density at radius 3 is 2.47 bits per heavy atom. The molecule has 0 saturated heterocycles. The van der Waals surface area contributed by atoms with E-state index in [0.717, 1.165) is 6.07 Å². The van der Waals surface area contributed by atoms with Gasteiger partial charge in [-0.3, -0.25) is 19.7 Å². The van der Waals surface area contributed by atoms with Crippen LogP contribution in [0.3, 0.4) is 0 Å². The highest BCUT2D eigenvalue weighted by Crippen LogP contribution is 2.30. The lowest BCUT2D eigenvalue weighted by molar-refractivity contribution is -0.386. The molecule has 2 N–H and O–H groups in total. The fourth-order valence-corrected chi connectivity index (χ4v) is 1.30. The molecule has 0 saturated carbocycles. The zero-order chi connectivity index (χ0) is 13.0. The highest BCUT2D eigenvalue weighted by atomic mass is 16.6. The number of benzene rings is 1. The molecule has 0 bridgehead atoms. The molecule has 0 aromatic heterocycles. The number of nitro groups is 1. The summed E-state index contributed by atoms with van der Waals surface area (Å²) in [5.74, 6) is -2.47. The number of ketones is 1. The summed E-state index contributed by atoms with van der Waals surface area (Å²) in [5, 5.41) is 28.3. The first-order valence-corrected chi connectivity index (χ1v) is 4.65. The van der Waals surface area contributed by atoms with Crippen molar-refractivity contribution in [3.05, 3.63) is 33.9 Å². The van der Waals surface area contributed by atoms with Crippen LogP contribution >= 0.6 is 0 Å². The van der Waals surface area contributed by atoms with Gasteiger partial charge in [-0.2, -0.15) is 0 Å². The average Bonchev–Trinajstić information content (AvgIpc) is 2.24. The molecule has 90 valence electrons. The number of carbonyl (C=O) groups is 2. The number of phenols is 1. The van der Waals surface area contributed by atoms with E-state index in [4.69, 9.17) is 5.11 Å². The molecule has 7 heteroatoms. The number of para-hydroxylation sites is 1. The predicted molar refractivity (Wildman–Crippen MR) is 56.0 cm³/mol. The van der Waals surface area contributed by atoms with E-state index in [9.17, 15) is 24.8 Å². The van der Waals surface area contributed by atoms with Gasteiger partial charge in [0.05, 0.1) is 16.9 Å². The molecule has 0 heterocycles. The smallest absolute Gasteiger partial charge is 0.321 e. The van der Waals surface area contributed by atoms with Gasteiger partial charge in [0.15, 0.2) is 11.5 Å². The maximum Gasteiger partial charge on any atom is 0.321 e. The van der Waals surface area contributed by atoms with Crippen LogP contribution in [0.1, 0.15) is 23.2 Å². The van der Waals surface area contributed by atoms with E-state index in [2.05, 4.69) is 0 Å². The van der Waals surface area contributed by atoms with Crippen LogP contribution in [0.2, 0.25) is 0 Å². The van der Waals surface area contributed by atoms with Crippen molar-refractivity contribution in [3.63, 3.8) is 0 Å². The van der Waals surface area contributed by atoms with Gasteiger partial charge >= 0.3 is 11.7 Å². The number of nitro benzene ring substituents is 1. The van der Waals surface area contributed by atoms with Crippen LogP contribution in [0, 0.1) is 10.1 Å². The van der Waals surface area contributed by atoms with Crippen molar-refractivity contribution in [1.29, 1.82) is 0 Å². The number of carbonyl (C=O) groups excluding carboxylic acids is 1. The molecule has 0 atom stereocenters. The summed E-state index contributed by atoms with van der Waals surface area (Å²) >= 11 is 0. The highest BCUT2D eigenvalue weighted by Gasteiger charge is 2.24. The van der Waals surface area contributed by atoms with Crippen molar-refractivity contribution in [2.75, 3.05) is 0 Å². The molecule has 0 aliphatic heterocycles. The van der Waals surface area contributed by atoms with Gasteiger partial charge < -0.3 is 10.2 Å². The Labute approximate surface area is 95.5 Å².